The fraction of sp³-hybridized carbons (Fsp3) is 0. The Hall–Kier alpha value is -2.09. The molecule has 4 nitrogen and oxygen atoms in total. The van der Waals surface area contributed by atoms with Gasteiger partial charge in [-0.15, -0.1) is 0 Å². The van der Waals surface area contributed by atoms with E-state index in [1.165, 1.54) is 0 Å². The molecule has 1 amide bonds. The highest BCUT2D eigenvalue weighted by atomic mass is 127. The lowest BCUT2D eigenvalue weighted by Gasteiger charge is -2.06. The molecule has 0 saturated heterocycles. The molecule has 1 aromatic heterocycles. The zero-order valence-electron chi connectivity index (χ0n) is 13.7. The summed E-state index contributed by atoms with van der Waals surface area (Å²) in [7, 11) is 0. The highest BCUT2D eigenvalue weighted by Crippen LogP contribution is 2.34. The third-order valence-electron chi connectivity index (χ3n) is 3.95. The van der Waals surface area contributed by atoms with Crippen molar-refractivity contribution in [1.29, 1.82) is 0 Å². The van der Waals surface area contributed by atoms with E-state index in [0.29, 0.717) is 43.9 Å². The molecular formula is C20H11Cl2IN2O2. The molecule has 0 spiro atoms. The number of nitrogens with zero attached hydrogens (tertiary/aromatic N) is 1. The lowest BCUT2D eigenvalue weighted by atomic mass is 10.2. The van der Waals surface area contributed by atoms with Gasteiger partial charge in [0, 0.05) is 9.26 Å². The summed E-state index contributed by atoms with van der Waals surface area (Å²) in [4.78, 5) is 17.0. The molecule has 0 radical (unpaired) electrons. The Bertz CT molecular complexity index is 1170. The predicted molar refractivity (Wildman–Crippen MR) is 117 cm³/mol. The molecule has 0 bridgehead atoms. The Kier molecular flexibility index (Phi) is 5.08. The van der Waals surface area contributed by atoms with Crippen molar-refractivity contribution in [3.05, 3.63) is 79.8 Å². The van der Waals surface area contributed by atoms with Gasteiger partial charge in [0.1, 0.15) is 5.52 Å². The quantitative estimate of drug-likeness (QED) is 0.315. The number of nitrogens with one attached hydrogen (secondary N) is 1. The minimum absolute atomic E-state index is 0.180. The monoisotopic (exact) mass is 508 g/mol. The summed E-state index contributed by atoms with van der Waals surface area (Å²) in [5.41, 5.74) is 3.06. The van der Waals surface area contributed by atoms with Crippen LogP contribution in [0.1, 0.15) is 10.4 Å². The summed E-state index contributed by atoms with van der Waals surface area (Å²) in [5.74, 6) is 0.194. The summed E-state index contributed by atoms with van der Waals surface area (Å²) in [6.45, 7) is 0. The third-order valence-corrected chi connectivity index (χ3v) is 5.71. The number of hydrogen-bond donors (Lipinski definition) is 1. The Morgan fingerprint density at radius 2 is 1.85 bits per heavy atom. The van der Waals surface area contributed by atoms with E-state index in [1.54, 1.807) is 42.5 Å². The van der Waals surface area contributed by atoms with E-state index in [0.717, 1.165) is 3.57 Å². The lowest BCUT2D eigenvalue weighted by Crippen LogP contribution is -2.13. The zero-order valence-corrected chi connectivity index (χ0v) is 17.3. The second-order valence-corrected chi connectivity index (χ2v) is 7.68. The fourth-order valence-electron chi connectivity index (χ4n) is 2.63. The van der Waals surface area contributed by atoms with E-state index in [2.05, 4.69) is 32.9 Å². The Morgan fingerprint density at radius 1 is 1.04 bits per heavy atom. The molecule has 4 aromatic rings. The van der Waals surface area contributed by atoms with Crippen LogP contribution >= 0.6 is 45.8 Å². The van der Waals surface area contributed by atoms with Gasteiger partial charge in [-0.05, 0) is 65.1 Å². The van der Waals surface area contributed by atoms with Gasteiger partial charge in [-0.1, -0.05) is 41.4 Å². The first-order valence-electron chi connectivity index (χ1n) is 7.94. The number of oxazole rings is 1. The normalized spacial score (nSPS) is 10.9. The number of hydrogen-bond acceptors (Lipinski definition) is 3. The number of anilines is 1. The number of halogens is 3. The molecule has 1 N–H and O–H groups in total. The SMILES string of the molecule is O=C(Nc1ccc2oc(-c3cccc(Cl)c3Cl)nc2c1)c1ccccc1I. The van der Waals surface area contributed by atoms with Gasteiger partial charge in [0.2, 0.25) is 5.89 Å². The van der Waals surface area contributed by atoms with E-state index < -0.39 is 0 Å². The maximum absolute atomic E-state index is 12.5. The average Bonchev–Trinajstić information content (AvgIpc) is 3.07. The van der Waals surface area contributed by atoms with E-state index >= 15 is 0 Å². The average molecular weight is 509 g/mol. The largest absolute Gasteiger partial charge is 0.436 e. The Labute approximate surface area is 178 Å². The number of rotatable bonds is 3. The number of amides is 1. The van der Waals surface area contributed by atoms with Crippen LogP contribution in [0.25, 0.3) is 22.6 Å². The Morgan fingerprint density at radius 3 is 2.67 bits per heavy atom. The molecule has 0 unspecified atom stereocenters. The summed E-state index contributed by atoms with van der Waals surface area (Å²) in [5, 5.41) is 3.71. The maximum Gasteiger partial charge on any atom is 0.256 e. The predicted octanol–water partition coefficient (Wildman–Crippen LogP) is 6.66. The molecule has 1 heterocycles. The summed E-state index contributed by atoms with van der Waals surface area (Å²) >= 11 is 14.5. The van der Waals surface area contributed by atoms with Crippen LogP contribution in [-0.4, -0.2) is 10.9 Å². The standard InChI is InChI=1S/C20H11Cl2IN2O2/c21-14-6-3-5-13(18(14)22)20-25-16-10-11(8-9-17(16)27-20)24-19(26)12-4-1-2-7-15(12)23/h1-10H,(H,24,26). The van der Waals surface area contributed by atoms with Crippen molar-refractivity contribution < 1.29 is 9.21 Å². The first kappa shape index (κ1) is 18.3. The number of carbonyl (C=O) groups is 1. The van der Waals surface area contributed by atoms with E-state index in [-0.39, 0.29) is 5.91 Å². The van der Waals surface area contributed by atoms with E-state index in [4.69, 9.17) is 27.6 Å². The van der Waals surface area contributed by atoms with Crippen molar-refractivity contribution in [2.24, 2.45) is 0 Å². The van der Waals surface area contributed by atoms with Gasteiger partial charge in [0.15, 0.2) is 5.58 Å². The minimum Gasteiger partial charge on any atom is -0.436 e. The number of fused-ring (bicyclic) bond motifs is 1. The number of carbonyl (C=O) groups excluding carboxylic acids is 1. The lowest BCUT2D eigenvalue weighted by molar-refractivity contribution is 0.102. The summed E-state index contributed by atoms with van der Waals surface area (Å²) in [6.07, 6.45) is 0. The third kappa shape index (κ3) is 3.67. The van der Waals surface area contributed by atoms with Crippen molar-refractivity contribution in [3.63, 3.8) is 0 Å². The first-order chi connectivity index (χ1) is 13.0. The minimum atomic E-state index is -0.180. The van der Waals surface area contributed by atoms with Gasteiger partial charge in [-0.25, -0.2) is 4.98 Å². The highest BCUT2D eigenvalue weighted by Gasteiger charge is 2.15. The van der Waals surface area contributed by atoms with E-state index in [1.807, 2.05) is 18.2 Å². The van der Waals surface area contributed by atoms with Crippen LogP contribution in [0.5, 0.6) is 0 Å². The van der Waals surface area contributed by atoms with Crippen molar-refractivity contribution >= 4 is 68.5 Å². The van der Waals surface area contributed by atoms with Gasteiger partial charge in [-0.2, -0.15) is 0 Å². The van der Waals surface area contributed by atoms with Gasteiger partial charge >= 0.3 is 0 Å². The molecular weight excluding hydrogens is 498 g/mol. The molecule has 27 heavy (non-hydrogen) atoms. The molecule has 0 fully saturated rings. The van der Waals surface area contributed by atoms with Crippen molar-refractivity contribution in [2.45, 2.75) is 0 Å². The highest BCUT2D eigenvalue weighted by molar-refractivity contribution is 14.1. The molecule has 134 valence electrons. The van der Waals surface area contributed by atoms with Gasteiger partial charge < -0.3 is 9.73 Å². The molecule has 3 aromatic carbocycles. The molecule has 0 aliphatic heterocycles. The molecule has 7 heteroatoms. The van der Waals surface area contributed by atoms with Gasteiger partial charge in [0.25, 0.3) is 5.91 Å². The summed E-state index contributed by atoms with van der Waals surface area (Å²) in [6, 6.07) is 18.0. The molecule has 4 rings (SSSR count). The number of aromatic nitrogens is 1. The topological polar surface area (TPSA) is 55.1 Å². The van der Waals surface area contributed by atoms with Gasteiger partial charge in [0.05, 0.1) is 21.2 Å². The molecule has 0 saturated carbocycles. The van der Waals surface area contributed by atoms with Crippen molar-refractivity contribution in [3.8, 4) is 11.5 Å². The second kappa shape index (κ2) is 7.50. The molecule has 0 aliphatic rings. The summed E-state index contributed by atoms with van der Waals surface area (Å²) < 4.78 is 6.67. The molecule has 0 aliphatic carbocycles. The van der Waals surface area contributed by atoms with Crippen LogP contribution in [0.2, 0.25) is 10.0 Å². The van der Waals surface area contributed by atoms with Crippen LogP contribution in [0.3, 0.4) is 0 Å². The van der Waals surface area contributed by atoms with Gasteiger partial charge in [-0.3, -0.25) is 4.79 Å². The Balaban J connectivity index is 1.66. The first-order valence-corrected chi connectivity index (χ1v) is 9.77. The van der Waals surface area contributed by atoms with Crippen LogP contribution in [0, 0.1) is 3.57 Å². The van der Waals surface area contributed by atoms with Crippen LogP contribution in [-0.2, 0) is 0 Å². The van der Waals surface area contributed by atoms with Crippen molar-refractivity contribution in [2.75, 3.05) is 5.32 Å². The van der Waals surface area contributed by atoms with Crippen LogP contribution in [0.4, 0.5) is 5.69 Å². The fourth-order valence-corrected chi connectivity index (χ4v) is 3.65. The maximum atomic E-state index is 12.5. The van der Waals surface area contributed by atoms with Crippen LogP contribution < -0.4 is 5.32 Å². The second-order valence-electron chi connectivity index (χ2n) is 5.74. The molecule has 0 atom stereocenters. The smallest absolute Gasteiger partial charge is 0.256 e. The van der Waals surface area contributed by atoms with Crippen LogP contribution in [0.15, 0.2) is 65.1 Å². The zero-order chi connectivity index (χ0) is 19.0. The van der Waals surface area contributed by atoms with Crippen molar-refractivity contribution in [1.82, 2.24) is 4.98 Å². The number of benzene rings is 3. The van der Waals surface area contributed by atoms with E-state index in [9.17, 15) is 4.79 Å².